The molecule has 7 heteroatoms. The lowest BCUT2D eigenvalue weighted by Gasteiger charge is -2.56. The molecular weight excluding hydrogens is 508 g/mol. The van der Waals surface area contributed by atoms with Gasteiger partial charge in [0.1, 0.15) is 11.7 Å². The van der Waals surface area contributed by atoms with E-state index in [0.717, 1.165) is 36.8 Å². The molecule has 0 N–H and O–H groups in total. The fraction of sp³-hybridized carbons (Fsp3) is 0.636. The molecule has 2 aromatic carbocycles. The summed E-state index contributed by atoms with van der Waals surface area (Å²) >= 11 is 0. The van der Waals surface area contributed by atoms with Crippen LogP contribution in [0.25, 0.3) is 0 Å². The predicted molar refractivity (Wildman–Crippen MR) is 150 cm³/mol. The highest BCUT2D eigenvalue weighted by molar-refractivity contribution is 5.14. The number of benzene rings is 2. The van der Waals surface area contributed by atoms with E-state index in [9.17, 15) is 0 Å². The Bertz CT molecular complexity index is 1110. The predicted octanol–water partition coefficient (Wildman–Crippen LogP) is 5.58. The van der Waals surface area contributed by atoms with E-state index in [2.05, 4.69) is 38.1 Å². The van der Waals surface area contributed by atoms with E-state index in [1.54, 1.807) is 0 Å². The zero-order valence-electron chi connectivity index (χ0n) is 24.3. The molecule has 2 aromatic rings. The maximum absolute atomic E-state index is 6.90. The van der Waals surface area contributed by atoms with Crippen LogP contribution in [-0.2, 0) is 46.4 Å². The van der Waals surface area contributed by atoms with Gasteiger partial charge in [-0.15, -0.1) is 0 Å². The summed E-state index contributed by atoms with van der Waals surface area (Å²) in [5.41, 5.74) is 1.34. The van der Waals surface area contributed by atoms with E-state index in [1.165, 1.54) is 0 Å². The molecule has 0 unspecified atom stereocenters. The van der Waals surface area contributed by atoms with Crippen LogP contribution in [0.1, 0.15) is 64.5 Å². The Balaban J connectivity index is 1.16. The van der Waals surface area contributed by atoms with Gasteiger partial charge in [-0.1, -0.05) is 60.7 Å². The number of fused-ring (bicyclic) bond motifs is 3. The SMILES string of the molecule is CC1(C)OC[C@]2(C)O[C@]3(C)CC[C@@H]4O[C@H](COCc5ccccc5)[C@@H](OCc5ccccc5)C[C@H]4O[C@H]3C[C@H]2O1. The van der Waals surface area contributed by atoms with Crippen LogP contribution in [0.4, 0.5) is 0 Å². The highest BCUT2D eigenvalue weighted by Gasteiger charge is 2.59. The molecule has 8 atom stereocenters. The molecule has 0 saturated carbocycles. The molecule has 0 radical (unpaired) electrons. The van der Waals surface area contributed by atoms with Crippen LogP contribution >= 0.6 is 0 Å². The van der Waals surface area contributed by atoms with Crippen LogP contribution in [0.15, 0.2) is 60.7 Å². The van der Waals surface area contributed by atoms with Crippen molar-refractivity contribution in [2.24, 2.45) is 0 Å². The molecule has 0 amide bonds. The largest absolute Gasteiger partial charge is 0.374 e. The van der Waals surface area contributed by atoms with Gasteiger partial charge in [-0.2, -0.15) is 0 Å². The number of ether oxygens (including phenoxy) is 7. The molecule has 40 heavy (non-hydrogen) atoms. The Morgan fingerprint density at radius 2 is 1.48 bits per heavy atom. The van der Waals surface area contributed by atoms with Crippen molar-refractivity contribution in [2.45, 2.75) is 120 Å². The minimum absolute atomic E-state index is 0.0450. The van der Waals surface area contributed by atoms with Gasteiger partial charge in [0.15, 0.2) is 5.79 Å². The molecular formula is C33H44O7. The third-order valence-electron chi connectivity index (χ3n) is 9.00. The van der Waals surface area contributed by atoms with Crippen molar-refractivity contribution in [3.63, 3.8) is 0 Å². The summed E-state index contributed by atoms with van der Waals surface area (Å²) in [5, 5.41) is 0. The van der Waals surface area contributed by atoms with Gasteiger partial charge in [-0.3, -0.25) is 0 Å². The number of hydrogen-bond donors (Lipinski definition) is 0. The van der Waals surface area contributed by atoms with Gasteiger partial charge in [0.2, 0.25) is 0 Å². The lowest BCUT2D eigenvalue weighted by molar-refractivity contribution is -0.385. The van der Waals surface area contributed by atoms with Crippen LogP contribution < -0.4 is 0 Å². The standard InChI is InChI=1S/C33H44O7/c1-31(2)36-22-33(4)30(39-31)18-29-32(3,40-33)16-15-25-27(38-29)17-26(35-20-24-13-9-6-10-14-24)28(37-25)21-34-19-23-11-7-5-8-12-23/h5-14,25-30H,15-22H2,1-4H3/t25-,26-,27+,28+,29-,30+,32+,33-/m0/s1. The Morgan fingerprint density at radius 1 is 0.775 bits per heavy atom. The Labute approximate surface area is 238 Å². The van der Waals surface area contributed by atoms with E-state index >= 15 is 0 Å². The highest BCUT2D eigenvalue weighted by atomic mass is 16.7. The molecule has 4 fully saturated rings. The molecule has 0 aromatic heterocycles. The van der Waals surface area contributed by atoms with Crippen LogP contribution in [-0.4, -0.2) is 66.8 Å². The van der Waals surface area contributed by atoms with Crippen molar-refractivity contribution in [3.05, 3.63) is 71.8 Å². The third-order valence-corrected chi connectivity index (χ3v) is 9.00. The van der Waals surface area contributed by atoms with Crippen molar-refractivity contribution >= 4 is 0 Å². The molecule has 218 valence electrons. The minimum Gasteiger partial charge on any atom is -0.374 e. The van der Waals surface area contributed by atoms with Gasteiger partial charge in [-0.05, 0) is 51.7 Å². The lowest BCUT2D eigenvalue weighted by Crippen LogP contribution is -2.67. The van der Waals surface area contributed by atoms with Gasteiger partial charge in [0.25, 0.3) is 0 Å². The normalized spacial score (nSPS) is 38.9. The van der Waals surface area contributed by atoms with E-state index in [4.69, 9.17) is 33.2 Å². The van der Waals surface area contributed by atoms with Gasteiger partial charge in [0.05, 0.1) is 62.5 Å². The second-order valence-electron chi connectivity index (χ2n) is 12.7. The first-order valence-corrected chi connectivity index (χ1v) is 14.8. The third kappa shape index (κ3) is 6.16. The fourth-order valence-corrected chi connectivity index (χ4v) is 6.69. The highest BCUT2D eigenvalue weighted by Crippen LogP contribution is 2.48. The molecule has 4 heterocycles. The monoisotopic (exact) mass is 552 g/mol. The summed E-state index contributed by atoms with van der Waals surface area (Å²) in [6, 6.07) is 20.5. The van der Waals surface area contributed by atoms with Gasteiger partial charge < -0.3 is 33.2 Å². The Hall–Kier alpha value is -1.84. The summed E-state index contributed by atoms with van der Waals surface area (Å²) in [5.74, 6) is -0.633. The number of rotatable bonds is 7. The molecule has 7 nitrogen and oxygen atoms in total. The molecule has 4 aliphatic heterocycles. The van der Waals surface area contributed by atoms with Gasteiger partial charge in [0, 0.05) is 12.8 Å². The summed E-state index contributed by atoms with van der Waals surface area (Å²) < 4.78 is 45.5. The summed E-state index contributed by atoms with van der Waals surface area (Å²) in [6.45, 7) is 10.3. The molecule has 6 rings (SSSR count). The van der Waals surface area contributed by atoms with Gasteiger partial charge >= 0.3 is 0 Å². The fourth-order valence-electron chi connectivity index (χ4n) is 6.69. The topological polar surface area (TPSA) is 64.6 Å². The van der Waals surface area contributed by atoms with E-state index in [0.29, 0.717) is 26.4 Å². The van der Waals surface area contributed by atoms with Crippen LogP contribution in [0.2, 0.25) is 0 Å². The smallest absolute Gasteiger partial charge is 0.163 e. The first-order valence-electron chi connectivity index (χ1n) is 14.8. The van der Waals surface area contributed by atoms with Crippen LogP contribution in [0.3, 0.4) is 0 Å². The summed E-state index contributed by atoms with van der Waals surface area (Å²) in [4.78, 5) is 0. The minimum atomic E-state index is -0.633. The molecule has 0 bridgehead atoms. The van der Waals surface area contributed by atoms with Crippen molar-refractivity contribution in [3.8, 4) is 0 Å². The van der Waals surface area contributed by atoms with Crippen molar-refractivity contribution in [2.75, 3.05) is 13.2 Å². The first-order chi connectivity index (χ1) is 19.2. The second-order valence-corrected chi connectivity index (χ2v) is 12.7. The molecule has 4 saturated heterocycles. The quantitative estimate of drug-likeness (QED) is 0.444. The average molecular weight is 553 g/mol. The number of hydrogen-bond acceptors (Lipinski definition) is 7. The Morgan fingerprint density at radius 3 is 2.20 bits per heavy atom. The van der Waals surface area contributed by atoms with Crippen molar-refractivity contribution < 1.29 is 33.2 Å². The lowest BCUT2D eigenvalue weighted by atomic mass is 9.79. The van der Waals surface area contributed by atoms with Crippen molar-refractivity contribution in [1.82, 2.24) is 0 Å². The van der Waals surface area contributed by atoms with E-state index < -0.39 is 17.0 Å². The molecule has 4 aliphatic rings. The van der Waals surface area contributed by atoms with Crippen LogP contribution in [0.5, 0.6) is 0 Å². The molecule has 0 spiro atoms. The van der Waals surface area contributed by atoms with E-state index in [-0.39, 0.29) is 36.6 Å². The zero-order valence-corrected chi connectivity index (χ0v) is 24.3. The first kappa shape index (κ1) is 28.3. The van der Waals surface area contributed by atoms with Crippen LogP contribution in [0, 0.1) is 0 Å². The Kier molecular flexibility index (Phi) is 8.09. The molecule has 0 aliphatic carbocycles. The zero-order chi connectivity index (χ0) is 27.8. The maximum Gasteiger partial charge on any atom is 0.163 e. The van der Waals surface area contributed by atoms with Crippen molar-refractivity contribution in [1.29, 1.82) is 0 Å². The second kappa shape index (κ2) is 11.4. The summed E-state index contributed by atoms with van der Waals surface area (Å²) in [6.07, 6.45) is 2.57. The summed E-state index contributed by atoms with van der Waals surface area (Å²) in [7, 11) is 0. The van der Waals surface area contributed by atoms with Gasteiger partial charge in [-0.25, -0.2) is 0 Å². The average Bonchev–Trinajstić information content (AvgIpc) is 3.07. The van der Waals surface area contributed by atoms with E-state index in [1.807, 2.05) is 50.2 Å². The maximum atomic E-state index is 6.90.